The van der Waals surface area contributed by atoms with E-state index in [9.17, 15) is 0 Å². The molecule has 0 amide bonds. The number of allylic oxidation sites excluding steroid dienone is 2. The van der Waals surface area contributed by atoms with Gasteiger partial charge in [-0.05, 0) is 24.7 Å². The number of hydrogen-bond acceptors (Lipinski definition) is 3. The Labute approximate surface area is 79.2 Å². The Kier molecular flexibility index (Phi) is 2.67. The van der Waals surface area contributed by atoms with E-state index in [-0.39, 0.29) is 6.10 Å². The van der Waals surface area contributed by atoms with Crippen molar-refractivity contribution in [2.24, 2.45) is 11.8 Å². The highest BCUT2D eigenvalue weighted by molar-refractivity contribution is 5.03. The molecule has 3 heteroatoms. The van der Waals surface area contributed by atoms with Gasteiger partial charge in [0.1, 0.15) is 0 Å². The molecule has 13 heavy (non-hydrogen) atoms. The fourth-order valence-corrected chi connectivity index (χ4v) is 1.55. The summed E-state index contributed by atoms with van der Waals surface area (Å²) in [4.78, 5) is 0. The summed E-state index contributed by atoms with van der Waals surface area (Å²) in [5, 5.41) is 9.04. The summed E-state index contributed by atoms with van der Waals surface area (Å²) in [6.45, 7) is 3.24. The summed E-state index contributed by atoms with van der Waals surface area (Å²) in [6, 6.07) is 0.295. The van der Waals surface area contributed by atoms with Crippen molar-refractivity contribution in [2.45, 2.75) is 31.9 Å². The number of hydrazine groups is 1. The van der Waals surface area contributed by atoms with Crippen molar-refractivity contribution in [2.75, 3.05) is 6.54 Å². The molecule has 1 fully saturated rings. The van der Waals surface area contributed by atoms with Crippen LogP contribution >= 0.6 is 0 Å². The van der Waals surface area contributed by atoms with E-state index in [1.54, 1.807) is 0 Å². The molecule has 0 aromatic carbocycles. The Morgan fingerprint density at radius 2 is 2.31 bits per heavy atom. The zero-order valence-electron chi connectivity index (χ0n) is 8.03. The summed E-state index contributed by atoms with van der Waals surface area (Å²) >= 11 is 0. The van der Waals surface area contributed by atoms with Crippen LogP contribution in [0.15, 0.2) is 12.2 Å². The number of rotatable bonds is 5. The van der Waals surface area contributed by atoms with Crippen LogP contribution in [0, 0.1) is 11.8 Å². The van der Waals surface area contributed by atoms with Gasteiger partial charge < -0.3 is 5.11 Å². The molecule has 74 valence electrons. The molecule has 2 aliphatic rings. The highest BCUT2D eigenvalue weighted by atomic mass is 16.3. The van der Waals surface area contributed by atoms with Gasteiger partial charge in [-0.1, -0.05) is 19.1 Å². The molecule has 1 saturated carbocycles. The van der Waals surface area contributed by atoms with E-state index in [2.05, 4.69) is 29.9 Å². The first kappa shape index (κ1) is 9.19. The molecular formula is C10H18N2O. The molecule has 0 saturated heterocycles. The molecule has 4 unspecified atom stereocenters. The topological polar surface area (TPSA) is 44.3 Å². The Balaban J connectivity index is 1.54. The minimum Gasteiger partial charge on any atom is -0.391 e. The van der Waals surface area contributed by atoms with Crippen LogP contribution in [0.25, 0.3) is 0 Å². The quantitative estimate of drug-likeness (QED) is 0.426. The van der Waals surface area contributed by atoms with Crippen molar-refractivity contribution in [3.8, 4) is 0 Å². The maximum Gasteiger partial charge on any atom is 0.0724 e. The molecule has 0 bridgehead atoms. The van der Waals surface area contributed by atoms with Crippen LogP contribution in [-0.4, -0.2) is 23.8 Å². The molecule has 2 rings (SSSR count). The lowest BCUT2D eigenvalue weighted by Gasteiger charge is -2.25. The minimum atomic E-state index is -0.119. The number of nitrogens with one attached hydrogen (secondary N) is 2. The SMILES string of the molecule is CC(CNNC1CC1O)C1C=CC1. The van der Waals surface area contributed by atoms with Gasteiger partial charge >= 0.3 is 0 Å². The third-order valence-corrected chi connectivity index (χ3v) is 2.99. The van der Waals surface area contributed by atoms with E-state index in [1.165, 1.54) is 6.42 Å². The Hall–Kier alpha value is -0.380. The smallest absolute Gasteiger partial charge is 0.0724 e. The molecule has 0 aromatic heterocycles. The second kappa shape index (κ2) is 3.78. The third kappa shape index (κ3) is 2.30. The molecule has 3 N–H and O–H groups in total. The van der Waals surface area contributed by atoms with Gasteiger partial charge in [-0.2, -0.15) is 0 Å². The number of aliphatic hydroxyl groups is 1. The van der Waals surface area contributed by atoms with Gasteiger partial charge in [0.05, 0.1) is 6.10 Å². The monoisotopic (exact) mass is 182 g/mol. The molecule has 0 aromatic rings. The summed E-state index contributed by atoms with van der Waals surface area (Å²) in [5.41, 5.74) is 6.30. The third-order valence-electron chi connectivity index (χ3n) is 2.99. The fraction of sp³-hybridized carbons (Fsp3) is 0.800. The van der Waals surface area contributed by atoms with Crippen molar-refractivity contribution in [1.29, 1.82) is 0 Å². The first-order chi connectivity index (χ1) is 6.27. The van der Waals surface area contributed by atoms with Crippen molar-refractivity contribution in [1.82, 2.24) is 10.9 Å². The van der Waals surface area contributed by atoms with Crippen LogP contribution in [-0.2, 0) is 0 Å². The largest absolute Gasteiger partial charge is 0.391 e. The molecule has 0 radical (unpaired) electrons. The Bertz CT molecular complexity index is 205. The Morgan fingerprint density at radius 3 is 2.77 bits per heavy atom. The summed E-state index contributed by atoms with van der Waals surface area (Å²) in [5.74, 6) is 1.45. The standard InChI is InChI=1S/C10H18N2O/c1-7(8-3-2-4-8)6-11-12-9-5-10(9)13/h2-3,7-13H,4-6H2,1H3. The minimum absolute atomic E-state index is 0.119. The van der Waals surface area contributed by atoms with Gasteiger partial charge in [0.25, 0.3) is 0 Å². The molecule has 2 aliphatic carbocycles. The van der Waals surface area contributed by atoms with Gasteiger partial charge in [-0.25, -0.2) is 0 Å². The number of hydrogen-bond donors (Lipinski definition) is 3. The highest BCUT2D eigenvalue weighted by Crippen LogP contribution is 2.25. The van der Waals surface area contributed by atoms with Crippen LogP contribution < -0.4 is 10.9 Å². The summed E-state index contributed by atoms with van der Waals surface area (Å²) in [7, 11) is 0. The zero-order valence-corrected chi connectivity index (χ0v) is 8.03. The molecule has 4 atom stereocenters. The van der Waals surface area contributed by atoms with E-state index in [0.717, 1.165) is 18.9 Å². The number of aliphatic hydroxyl groups excluding tert-OH is 1. The van der Waals surface area contributed by atoms with Crippen LogP contribution in [0.4, 0.5) is 0 Å². The van der Waals surface area contributed by atoms with Crippen LogP contribution in [0.2, 0.25) is 0 Å². The van der Waals surface area contributed by atoms with E-state index < -0.39 is 0 Å². The second-order valence-electron chi connectivity index (χ2n) is 4.24. The summed E-state index contributed by atoms with van der Waals surface area (Å²) in [6.07, 6.45) is 6.50. The summed E-state index contributed by atoms with van der Waals surface area (Å²) < 4.78 is 0. The maximum absolute atomic E-state index is 9.04. The Morgan fingerprint density at radius 1 is 1.62 bits per heavy atom. The van der Waals surface area contributed by atoms with Crippen LogP contribution in [0.1, 0.15) is 19.8 Å². The predicted molar refractivity (Wildman–Crippen MR) is 52.0 cm³/mol. The lowest BCUT2D eigenvalue weighted by Crippen LogP contribution is -2.39. The first-order valence-electron chi connectivity index (χ1n) is 5.10. The van der Waals surface area contributed by atoms with Gasteiger partial charge in [0, 0.05) is 12.6 Å². The van der Waals surface area contributed by atoms with Crippen molar-refractivity contribution in [3.05, 3.63) is 12.2 Å². The zero-order chi connectivity index (χ0) is 9.26. The maximum atomic E-state index is 9.04. The average molecular weight is 182 g/mol. The molecular weight excluding hydrogens is 164 g/mol. The van der Waals surface area contributed by atoms with Crippen molar-refractivity contribution >= 4 is 0 Å². The van der Waals surface area contributed by atoms with Crippen molar-refractivity contribution in [3.63, 3.8) is 0 Å². The van der Waals surface area contributed by atoms with E-state index in [0.29, 0.717) is 12.0 Å². The second-order valence-corrected chi connectivity index (χ2v) is 4.24. The van der Waals surface area contributed by atoms with Crippen LogP contribution in [0.5, 0.6) is 0 Å². The normalized spacial score (nSPS) is 38.5. The lowest BCUT2D eigenvalue weighted by molar-refractivity contribution is 0.255. The van der Waals surface area contributed by atoms with Gasteiger partial charge in [0.2, 0.25) is 0 Å². The van der Waals surface area contributed by atoms with Gasteiger partial charge in [0.15, 0.2) is 0 Å². The molecule has 0 heterocycles. The van der Waals surface area contributed by atoms with Crippen LogP contribution in [0.3, 0.4) is 0 Å². The molecule has 0 spiro atoms. The highest BCUT2D eigenvalue weighted by Gasteiger charge is 2.34. The first-order valence-corrected chi connectivity index (χ1v) is 5.10. The van der Waals surface area contributed by atoms with E-state index in [1.807, 2.05) is 0 Å². The van der Waals surface area contributed by atoms with E-state index >= 15 is 0 Å². The fourth-order valence-electron chi connectivity index (χ4n) is 1.55. The van der Waals surface area contributed by atoms with Gasteiger partial charge in [-0.3, -0.25) is 10.9 Å². The predicted octanol–water partition coefficient (Wildman–Crippen LogP) is 0.426. The van der Waals surface area contributed by atoms with Crippen molar-refractivity contribution < 1.29 is 5.11 Å². The van der Waals surface area contributed by atoms with Gasteiger partial charge in [-0.15, -0.1) is 0 Å². The average Bonchev–Trinajstić information content (AvgIpc) is 2.62. The lowest BCUT2D eigenvalue weighted by atomic mass is 9.84. The molecule has 3 nitrogen and oxygen atoms in total. The molecule has 0 aliphatic heterocycles. The van der Waals surface area contributed by atoms with E-state index in [4.69, 9.17) is 5.11 Å².